The molecule has 0 saturated heterocycles. The third kappa shape index (κ3) is 3.68. The summed E-state index contributed by atoms with van der Waals surface area (Å²) in [5, 5.41) is 18.7. The molecular weight excluding hydrogens is 380 g/mol. The van der Waals surface area contributed by atoms with Gasteiger partial charge in [0, 0.05) is 5.39 Å². The standard InChI is InChI=1S/C23H18N4O3/c1-15(16-11-13-18(28)14-12-16)24-25-22(29)21-19-9-5-6-10-20(19)23(30)27(26-21)17-7-3-2-4-8-17/h2-14,28H,1H3,(H,25,29)/b24-15+. The van der Waals surface area contributed by atoms with Gasteiger partial charge in [-0.2, -0.15) is 14.9 Å². The summed E-state index contributed by atoms with van der Waals surface area (Å²) in [5.41, 5.74) is 4.17. The number of nitrogens with one attached hydrogen (secondary N) is 1. The number of carbonyl (C=O) groups excluding carboxylic acids is 1. The molecule has 0 atom stereocenters. The van der Waals surface area contributed by atoms with Crippen molar-refractivity contribution in [3.05, 3.63) is 100 Å². The van der Waals surface area contributed by atoms with Crippen molar-refractivity contribution in [3.8, 4) is 11.4 Å². The average Bonchev–Trinajstić information content (AvgIpc) is 2.79. The number of amides is 1. The maximum Gasteiger partial charge on any atom is 0.292 e. The summed E-state index contributed by atoms with van der Waals surface area (Å²) in [6.45, 7) is 1.74. The van der Waals surface area contributed by atoms with Gasteiger partial charge in [0.05, 0.1) is 16.8 Å². The van der Waals surface area contributed by atoms with Crippen LogP contribution < -0.4 is 11.0 Å². The number of aromatic hydroxyl groups is 1. The molecule has 4 aromatic rings. The van der Waals surface area contributed by atoms with E-state index in [0.29, 0.717) is 22.2 Å². The topological polar surface area (TPSA) is 96.6 Å². The number of phenolic OH excluding ortho intramolecular Hbond substituents is 1. The predicted molar refractivity (Wildman–Crippen MR) is 115 cm³/mol. The molecule has 1 heterocycles. The van der Waals surface area contributed by atoms with Gasteiger partial charge in [-0.15, -0.1) is 0 Å². The van der Waals surface area contributed by atoms with Crippen LogP contribution in [0.15, 0.2) is 88.8 Å². The number of rotatable bonds is 4. The normalized spacial score (nSPS) is 11.4. The van der Waals surface area contributed by atoms with E-state index in [-0.39, 0.29) is 17.0 Å². The van der Waals surface area contributed by atoms with E-state index in [4.69, 9.17) is 0 Å². The van der Waals surface area contributed by atoms with E-state index in [1.54, 1.807) is 79.7 Å². The molecule has 0 aliphatic carbocycles. The third-order valence-corrected chi connectivity index (χ3v) is 4.63. The van der Waals surface area contributed by atoms with Crippen LogP contribution in [0.5, 0.6) is 5.75 Å². The number of fused-ring (bicyclic) bond motifs is 1. The first-order chi connectivity index (χ1) is 14.5. The molecule has 7 heteroatoms. The van der Waals surface area contributed by atoms with E-state index in [1.165, 1.54) is 4.68 Å². The molecule has 0 aliphatic rings. The Kier molecular flexibility index (Phi) is 5.09. The highest BCUT2D eigenvalue weighted by Crippen LogP contribution is 2.15. The molecule has 7 nitrogen and oxygen atoms in total. The largest absolute Gasteiger partial charge is 0.508 e. The molecule has 0 bridgehead atoms. The molecule has 148 valence electrons. The van der Waals surface area contributed by atoms with Crippen LogP contribution in [-0.2, 0) is 0 Å². The van der Waals surface area contributed by atoms with E-state index in [1.807, 2.05) is 6.07 Å². The van der Waals surface area contributed by atoms with Crippen LogP contribution in [0.25, 0.3) is 16.5 Å². The monoisotopic (exact) mass is 398 g/mol. The Labute approximate surface area is 171 Å². The summed E-state index contributed by atoms with van der Waals surface area (Å²) in [5.74, 6) is -0.386. The lowest BCUT2D eigenvalue weighted by Crippen LogP contribution is -2.28. The van der Waals surface area contributed by atoms with Crippen molar-refractivity contribution in [1.82, 2.24) is 15.2 Å². The van der Waals surface area contributed by atoms with Crippen molar-refractivity contribution in [3.63, 3.8) is 0 Å². The third-order valence-electron chi connectivity index (χ3n) is 4.63. The number of benzene rings is 3. The average molecular weight is 398 g/mol. The Bertz CT molecular complexity index is 1310. The van der Waals surface area contributed by atoms with Crippen LogP contribution in [0, 0.1) is 0 Å². The minimum Gasteiger partial charge on any atom is -0.508 e. The number of hydrogen-bond acceptors (Lipinski definition) is 5. The smallest absolute Gasteiger partial charge is 0.292 e. The first-order valence-corrected chi connectivity index (χ1v) is 9.26. The van der Waals surface area contributed by atoms with Crippen LogP contribution in [0.1, 0.15) is 23.0 Å². The number of phenols is 1. The second-order valence-corrected chi connectivity index (χ2v) is 6.63. The van der Waals surface area contributed by atoms with E-state index in [2.05, 4.69) is 15.6 Å². The fourth-order valence-electron chi connectivity index (χ4n) is 3.06. The van der Waals surface area contributed by atoms with Gasteiger partial charge in [-0.05, 0) is 55.0 Å². The Hall–Kier alpha value is -4.26. The summed E-state index contributed by atoms with van der Waals surface area (Å²) in [6, 6.07) is 22.2. The fraction of sp³-hybridized carbons (Fsp3) is 0.0435. The fourth-order valence-corrected chi connectivity index (χ4v) is 3.06. The molecule has 0 unspecified atom stereocenters. The summed E-state index contributed by atoms with van der Waals surface area (Å²) >= 11 is 0. The van der Waals surface area contributed by atoms with Crippen LogP contribution >= 0.6 is 0 Å². The van der Waals surface area contributed by atoms with Crippen molar-refractivity contribution < 1.29 is 9.90 Å². The van der Waals surface area contributed by atoms with Crippen LogP contribution in [0.4, 0.5) is 0 Å². The van der Waals surface area contributed by atoms with Crippen molar-refractivity contribution in [2.75, 3.05) is 0 Å². The lowest BCUT2D eigenvalue weighted by Gasteiger charge is -2.10. The summed E-state index contributed by atoms with van der Waals surface area (Å²) < 4.78 is 1.22. The van der Waals surface area contributed by atoms with Crippen molar-refractivity contribution in [2.45, 2.75) is 6.92 Å². The van der Waals surface area contributed by atoms with Gasteiger partial charge in [-0.1, -0.05) is 36.4 Å². The first kappa shape index (κ1) is 19.1. The molecular formula is C23H18N4O3. The molecule has 0 aliphatic heterocycles. The van der Waals surface area contributed by atoms with Gasteiger partial charge in [0.25, 0.3) is 11.5 Å². The number of hydrazone groups is 1. The minimum atomic E-state index is -0.533. The number of nitrogens with zero attached hydrogens (tertiary/aromatic N) is 3. The van der Waals surface area contributed by atoms with E-state index in [0.717, 1.165) is 5.56 Å². The Balaban J connectivity index is 1.75. The molecule has 3 aromatic carbocycles. The maximum atomic E-state index is 12.9. The zero-order chi connectivity index (χ0) is 21.1. The highest BCUT2D eigenvalue weighted by atomic mass is 16.3. The summed E-state index contributed by atoms with van der Waals surface area (Å²) in [4.78, 5) is 25.8. The highest BCUT2D eigenvalue weighted by molar-refractivity contribution is 6.06. The van der Waals surface area contributed by atoms with Crippen LogP contribution in [-0.4, -0.2) is 26.5 Å². The maximum absolute atomic E-state index is 12.9. The first-order valence-electron chi connectivity index (χ1n) is 9.26. The van der Waals surface area contributed by atoms with Crippen LogP contribution in [0.2, 0.25) is 0 Å². The van der Waals surface area contributed by atoms with Gasteiger partial charge < -0.3 is 5.11 Å². The van der Waals surface area contributed by atoms with Crippen molar-refractivity contribution in [2.24, 2.45) is 5.10 Å². The second-order valence-electron chi connectivity index (χ2n) is 6.63. The molecule has 1 amide bonds. The van der Waals surface area contributed by atoms with Crippen LogP contribution in [0.3, 0.4) is 0 Å². The van der Waals surface area contributed by atoms with Gasteiger partial charge >= 0.3 is 0 Å². The SMILES string of the molecule is C/C(=N\NC(=O)c1nn(-c2ccccc2)c(=O)c2ccccc12)c1ccc(O)cc1. The van der Waals surface area contributed by atoms with Gasteiger partial charge in [0.1, 0.15) is 5.75 Å². The van der Waals surface area contributed by atoms with E-state index < -0.39 is 5.91 Å². The lowest BCUT2D eigenvalue weighted by molar-refractivity contribution is 0.0950. The number of para-hydroxylation sites is 1. The van der Waals surface area contributed by atoms with Gasteiger partial charge in [0.2, 0.25) is 0 Å². The molecule has 0 spiro atoms. The van der Waals surface area contributed by atoms with Crippen molar-refractivity contribution in [1.29, 1.82) is 0 Å². The molecule has 0 radical (unpaired) electrons. The lowest BCUT2D eigenvalue weighted by atomic mass is 10.1. The molecule has 2 N–H and O–H groups in total. The molecule has 4 rings (SSSR count). The van der Waals surface area contributed by atoms with E-state index in [9.17, 15) is 14.7 Å². The number of aromatic nitrogens is 2. The molecule has 0 fully saturated rings. The number of carbonyl (C=O) groups is 1. The highest BCUT2D eigenvalue weighted by Gasteiger charge is 2.17. The molecule has 30 heavy (non-hydrogen) atoms. The van der Waals surface area contributed by atoms with Crippen molar-refractivity contribution >= 4 is 22.4 Å². The van der Waals surface area contributed by atoms with Gasteiger partial charge in [-0.25, -0.2) is 5.43 Å². The zero-order valence-corrected chi connectivity index (χ0v) is 16.1. The van der Waals surface area contributed by atoms with Gasteiger partial charge in [0.15, 0.2) is 5.69 Å². The zero-order valence-electron chi connectivity index (χ0n) is 16.1. The quantitative estimate of drug-likeness (QED) is 0.407. The Morgan fingerprint density at radius 3 is 2.27 bits per heavy atom. The second kappa shape index (κ2) is 8.00. The Morgan fingerprint density at radius 2 is 1.57 bits per heavy atom. The number of hydrogen-bond donors (Lipinski definition) is 2. The summed E-state index contributed by atoms with van der Waals surface area (Å²) in [7, 11) is 0. The van der Waals surface area contributed by atoms with Gasteiger partial charge in [-0.3, -0.25) is 9.59 Å². The predicted octanol–water partition coefficient (Wildman–Crippen LogP) is 3.25. The van der Waals surface area contributed by atoms with E-state index >= 15 is 0 Å². The Morgan fingerprint density at radius 1 is 0.933 bits per heavy atom. The minimum absolute atomic E-state index is 0.0938. The summed E-state index contributed by atoms with van der Waals surface area (Å²) in [6.07, 6.45) is 0. The molecule has 1 aromatic heterocycles. The molecule has 0 saturated carbocycles.